The van der Waals surface area contributed by atoms with Crippen molar-refractivity contribution in [3.63, 3.8) is 0 Å². The van der Waals surface area contributed by atoms with E-state index in [1.54, 1.807) is 6.08 Å². The van der Waals surface area contributed by atoms with E-state index in [9.17, 15) is 9.90 Å². The van der Waals surface area contributed by atoms with Gasteiger partial charge in [-0.3, -0.25) is 0 Å². The third kappa shape index (κ3) is 2.68. The zero-order chi connectivity index (χ0) is 17.6. The van der Waals surface area contributed by atoms with Crippen LogP contribution in [0.4, 0.5) is 0 Å². The van der Waals surface area contributed by atoms with Crippen molar-refractivity contribution in [3.05, 3.63) is 41.0 Å². The van der Waals surface area contributed by atoms with Crippen LogP contribution in [0, 0.1) is 17.3 Å². The van der Waals surface area contributed by atoms with E-state index in [0.29, 0.717) is 30.1 Å². The number of phenolic OH excluding ortho intramolecular Hbond substituents is 1. The standard InChI is InChI=1S/C22H28O3/c1-3-25-21(24)13-15-5-9-20-19-7-4-14-12-16(23)6-8-17(14)18(19)10-11-22(15,20)2/h6,8,12-13,18-20,23H,3-5,7,9-11H2,1-2H3/t18-,19-,20+,22-/m1/s1. The molecule has 3 nitrogen and oxygen atoms in total. The molecule has 3 aliphatic rings. The lowest BCUT2D eigenvalue weighted by Gasteiger charge is -2.49. The number of ether oxygens (including phenoxy) is 1. The Hall–Kier alpha value is -1.77. The first-order chi connectivity index (χ1) is 12.0. The summed E-state index contributed by atoms with van der Waals surface area (Å²) >= 11 is 0. The van der Waals surface area contributed by atoms with Crippen molar-refractivity contribution in [2.24, 2.45) is 17.3 Å². The second-order valence-corrected chi connectivity index (χ2v) is 8.22. The lowest BCUT2D eigenvalue weighted by Crippen LogP contribution is -2.40. The van der Waals surface area contributed by atoms with Crippen LogP contribution in [0.5, 0.6) is 5.75 Å². The first kappa shape index (κ1) is 16.7. The summed E-state index contributed by atoms with van der Waals surface area (Å²) in [5.74, 6) is 2.19. The van der Waals surface area contributed by atoms with Crippen molar-refractivity contribution in [1.82, 2.24) is 0 Å². The molecule has 0 spiro atoms. The van der Waals surface area contributed by atoms with E-state index in [1.165, 1.54) is 36.0 Å². The number of fused-ring (bicyclic) bond motifs is 5. The molecule has 0 saturated heterocycles. The Kier molecular flexibility index (Phi) is 4.13. The molecule has 1 N–H and O–H groups in total. The van der Waals surface area contributed by atoms with Crippen LogP contribution >= 0.6 is 0 Å². The van der Waals surface area contributed by atoms with Gasteiger partial charge in [0.25, 0.3) is 0 Å². The summed E-state index contributed by atoms with van der Waals surface area (Å²) < 4.78 is 5.15. The highest BCUT2D eigenvalue weighted by molar-refractivity contribution is 5.83. The molecule has 3 aliphatic carbocycles. The van der Waals surface area contributed by atoms with Crippen LogP contribution in [0.1, 0.15) is 63.0 Å². The van der Waals surface area contributed by atoms with Gasteiger partial charge in [-0.15, -0.1) is 0 Å². The Bertz CT molecular complexity index is 720. The molecule has 0 unspecified atom stereocenters. The van der Waals surface area contributed by atoms with E-state index in [0.717, 1.165) is 19.3 Å². The number of allylic oxidation sites excluding steroid dienone is 1. The number of aromatic hydroxyl groups is 1. The molecule has 2 saturated carbocycles. The van der Waals surface area contributed by atoms with Crippen molar-refractivity contribution in [1.29, 1.82) is 0 Å². The maximum atomic E-state index is 12.0. The molecule has 0 aliphatic heterocycles. The van der Waals surface area contributed by atoms with Crippen LogP contribution < -0.4 is 0 Å². The third-order valence-electron chi connectivity index (χ3n) is 7.14. The second-order valence-electron chi connectivity index (χ2n) is 8.22. The van der Waals surface area contributed by atoms with Crippen molar-refractivity contribution >= 4 is 5.97 Å². The summed E-state index contributed by atoms with van der Waals surface area (Å²) in [6.07, 6.45) is 8.60. The predicted molar refractivity (Wildman–Crippen MR) is 97.4 cm³/mol. The molecule has 0 aromatic heterocycles. The van der Waals surface area contributed by atoms with E-state index in [1.807, 2.05) is 19.1 Å². The van der Waals surface area contributed by atoms with Gasteiger partial charge in [-0.2, -0.15) is 0 Å². The Labute approximate surface area is 150 Å². The highest BCUT2D eigenvalue weighted by Crippen LogP contribution is 2.62. The Morgan fingerprint density at radius 2 is 2.16 bits per heavy atom. The average molecular weight is 340 g/mol. The number of hydrogen-bond donors (Lipinski definition) is 1. The molecule has 0 radical (unpaired) electrons. The van der Waals surface area contributed by atoms with Gasteiger partial charge >= 0.3 is 5.97 Å². The third-order valence-corrected chi connectivity index (χ3v) is 7.14. The lowest BCUT2D eigenvalue weighted by molar-refractivity contribution is -0.137. The van der Waals surface area contributed by atoms with E-state index in [-0.39, 0.29) is 11.4 Å². The van der Waals surface area contributed by atoms with Gasteiger partial charge < -0.3 is 9.84 Å². The summed E-state index contributed by atoms with van der Waals surface area (Å²) in [5.41, 5.74) is 4.26. The first-order valence-electron chi connectivity index (χ1n) is 9.72. The minimum Gasteiger partial charge on any atom is -0.508 e. The smallest absolute Gasteiger partial charge is 0.330 e. The van der Waals surface area contributed by atoms with Gasteiger partial charge in [0.2, 0.25) is 0 Å². The Morgan fingerprint density at radius 1 is 1.32 bits per heavy atom. The minimum atomic E-state index is -0.175. The maximum absolute atomic E-state index is 12.0. The van der Waals surface area contributed by atoms with Crippen LogP contribution in [0.2, 0.25) is 0 Å². The molecule has 25 heavy (non-hydrogen) atoms. The van der Waals surface area contributed by atoms with E-state index in [4.69, 9.17) is 4.74 Å². The SMILES string of the molecule is CCOC(=O)C=C1CC[C@H]2[C@@H]3CCc4cc(O)ccc4[C@H]3CC[C@]12C. The quantitative estimate of drug-likeness (QED) is 0.625. The second kappa shape index (κ2) is 6.19. The molecule has 0 bridgehead atoms. The zero-order valence-corrected chi connectivity index (χ0v) is 15.3. The van der Waals surface area contributed by atoms with Gasteiger partial charge in [0.05, 0.1) is 6.61 Å². The molecule has 1 aromatic rings. The van der Waals surface area contributed by atoms with E-state index < -0.39 is 0 Å². The summed E-state index contributed by atoms with van der Waals surface area (Å²) in [6.45, 7) is 4.67. The molecule has 1 aromatic carbocycles. The number of carbonyl (C=O) groups is 1. The lowest BCUT2D eigenvalue weighted by atomic mass is 9.55. The van der Waals surface area contributed by atoms with Crippen molar-refractivity contribution in [2.75, 3.05) is 6.61 Å². The molecule has 134 valence electrons. The van der Waals surface area contributed by atoms with Crippen molar-refractivity contribution in [2.45, 2.75) is 58.3 Å². The van der Waals surface area contributed by atoms with Gasteiger partial charge in [-0.05, 0) is 91.9 Å². The topological polar surface area (TPSA) is 46.5 Å². The molecule has 0 amide bonds. The monoisotopic (exact) mass is 340 g/mol. The first-order valence-corrected chi connectivity index (χ1v) is 9.72. The number of esters is 1. The molecule has 4 atom stereocenters. The number of carbonyl (C=O) groups excluding carboxylic acids is 1. The summed E-state index contributed by atoms with van der Waals surface area (Å²) in [4.78, 5) is 12.0. The molecule has 4 rings (SSSR count). The number of phenols is 1. The molecular weight excluding hydrogens is 312 g/mol. The van der Waals surface area contributed by atoms with E-state index >= 15 is 0 Å². The van der Waals surface area contributed by atoms with Crippen LogP contribution in [0.25, 0.3) is 0 Å². The van der Waals surface area contributed by atoms with Gasteiger partial charge in [0.15, 0.2) is 0 Å². The number of benzene rings is 1. The van der Waals surface area contributed by atoms with Crippen LogP contribution in [0.15, 0.2) is 29.8 Å². The fraction of sp³-hybridized carbons (Fsp3) is 0.591. The van der Waals surface area contributed by atoms with Gasteiger partial charge in [0, 0.05) is 6.08 Å². The maximum Gasteiger partial charge on any atom is 0.330 e. The molecule has 3 heteroatoms. The minimum absolute atomic E-state index is 0.155. The summed E-state index contributed by atoms with van der Waals surface area (Å²) in [7, 11) is 0. The van der Waals surface area contributed by atoms with Crippen molar-refractivity contribution in [3.8, 4) is 5.75 Å². The van der Waals surface area contributed by atoms with Crippen LogP contribution in [-0.2, 0) is 16.0 Å². The molecule has 2 fully saturated rings. The van der Waals surface area contributed by atoms with Gasteiger partial charge in [-0.1, -0.05) is 18.6 Å². The Morgan fingerprint density at radius 3 is 2.96 bits per heavy atom. The summed E-state index contributed by atoms with van der Waals surface area (Å²) in [6, 6.07) is 5.95. The average Bonchev–Trinajstić information content (AvgIpc) is 2.91. The molecular formula is C22H28O3. The highest BCUT2D eigenvalue weighted by Gasteiger charge is 2.52. The fourth-order valence-corrected chi connectivity index (χ4v) is 5.98. The number of rotatable bonds is 2. The fourth-order valence-electron chi connectivity index (χ4n) is 5.98. The van der Waals surface area contributed by atoms with Crippen molar-refractivity contribution < 1.29 is 14.6 Å². The normalized spacial score (nSPS) is 35.0. The van der Waals surface area contributed by atoms with Crippen LogP contribution in [-0.4, -0.2) is 17.7 Å². The largest absolute Gasteiger partial charge is 0.508 e. The summed E-state index contributed by atoms with van der Waals surface area (Å²) in [5, 5.41) is 9.79. The van der Waals surface area contributed by atoms with E-state index in [2.05, 4.69) is 13.0 Å². The highest BCUT2D eigenvalue weighted by atomic mass is 16.5. The zero-order valence-electron chi connectivity index (χ0n) is 15.3. The van der Waals surface area contributed by atoms with Gasteiger partial charge in [-0.25, -0.2) is 4.79 Å². The van der Waals surface area contributed by atoms with Crippen LogP contribution in [0.3, 0.4) is 0 Å². The Balaban J connectivity index is 1.62. The molecule has 0 heterocycles. The van der Waals surface area contributed by atoms with Gasteiger partial charge in [0.1, 0.15) is 5.75 Å². The predicted octanol–water partition coefficient (Wildman–Crippen LogP) is 4.74. The number of hydrogen-bond acceptors (Lipinski definition) is 3. The number of aryl methyl sites for hydroxylation is 1.